The third-order valence-corrected chi connectivity index (χ3v) is 6.32. The Morgan fingerprint density at radius 1 is 0.969 bits per heavy atom. The number of rotatable bonds is 4. The van der Waals surface area contributed by atoms with Gasteiger partial charge in [0.05, 0.1) is 16.7 Å². The topological polar surface area (TPSA) is 52.4 Å². The van der Waals surface area contributed by atoms with Crippen LogP contribution in [0.2, 0.25) is 0 Å². The molecule has 4 heterocycles. The molecule has 0 N–H and O–H groups in total. The molecule has 32 heavy (non-hydrogen) atoms. The molecule has 0 spiro atoms. The highest BCUT2D eigenvalue weighted by Crippen LogP contribution is 2.39. The number of imidazole rings is 1. The van der Waals surface area contributed by atoms with Gasteiger partial charge in [-0.1, -0.05) is 6.07 Å². The summed E-state index contributed by atoms with van der Waals surface area (Å²) < 4.78 is 27.3. The van der Waals surface area contributed by atoms with Crippen LogP contribution in [-0.4, -0.2) is 39.3 Å². The van der Waals surface area contributed by atoms with Gasteiger partial charge < -0.3 is 14.0 Å². The number of hydrogen-bond donors (Lipinski definition) is 0. The molecule has 0 radical (unpaired) electrons. The molecular weight excluding hydrogens is 407 g/mol. The molecule has 0 atom stereocenters. The average molecular weight is 430 g/mol. The van der Waals surface area contributed by atoms with Gasteiger partial charge in [-0.15, -0.1) is 0 Å². The van der Waals surface area contributed by atoms with Gasteiger partial charge in [0.25, 0.3) is 0 Å². The van der Waals surface area contributed by atoms with Crippen molar-refractivity contribution in [3.63, 3.8) is 0 Å². The van der Waals surface area contributed by atoms with Crippen LogP contribution in [0.25, 0.3) is 22.4 Å². The molecule has 0 amide bonds. The number of fused-ring (bicyclic) bond motifs is 2. The molecule has 0 unspecified atom stereocenters. The highest BCUT2D eigenvalue weighted by atomic mass is 19.1. The largest absolute Gasteiger partial charge is 0.454 e. The number of hydrogen-bond acceptors (Lipinski definition) is 5. The quantitative estimate of drug-likeness (QED) is 0.465. The summed E-state index contributed by atoms with van der Waals surface area (Å²) in [4.78, 5) is 11.7. The van der Waals surface area contributed by atoms with Gasteiger partial charge in [-0.2, -0.15) is 0 Å². The minimum atomic E-state index is -0.274. The van der Waals surface area contributed by atoms with Gasteiger partial charge in [-0.3, -0.25) is 9.88 Å². The Hall–Kier alpha value is -3.45. The van der Waals surface area contributed by atoms with Gasteiger partial charge in [0.15, 0.2) is 11.5 Å². The van der Waals surface area contributed by atoms with E-state index in [0.717, 1.165) is 66.6 Å². The van der Waals surface area contributed by atoms with E-state index in [2.05, 4.69) is 20.5 Å². The molecule has 2 aromatic heterocycles. The zero-order valence-electron chi connectivity index (χ0n) is 17.6. The smallest absolute Gasteiger partial charge is 0.231 e. The number of piperidine rings is 1. The molecule has 0 saturated carbocycles. The van der Waals surface area contributed by atoms with E-state index in [1.807, 2.05) is 42.6 Å². The first kappa shape index (κ1) is 19.3. The monoisotopic (exact) mass is 430 g/mol. The molecule has 6 rings (SSSR count). The highest BCUT2D eigenvalue weighted by molar-refractivity contribution is 5.81. The highest BCUT2D eigenvalue weighted by Gasteiger charge is 2.26. The lowest BCUT2D eigenvalue weighted by molar-refractivity contribution is 0.174. The number of ether oxygens (including phenoxy) is 2. The third kappa shape index (κ3) is 3.48. The van der Waals surface area contributed by atoms with Crippen LogP contribution in [0.4, 0.5) is 4.39 Å². The maximum absolute atomic E-state index is 14.0. The fourth-order valence-corrected chi connectivity index (χ4v) is 4.74. The number of benzene rings is 2. The van der Waals surface area contributed by atoms with Gasteiger partial charge in [0, 0.05) is 43.5 Å². The second-order valence-electron chi connectivity index (χ2n) is 8.33. The van der Waals surface area contributed by atoms with E-state index in [1.54, 1.807) is 0 Å². The van der Waals surface area contributed by atoms with Gasteiger partial charge in [0.1, 0.15) is 11.6 Å². The summed E-state index contributed by atoms with van der Waals surface area (Å²) in [5.41, 5.74) is 3.67. The van der Waals surface area contributed by atoms with Crippen molar-refractivity contribution in [2.75, 3.05) is 19.9 Å². The van der Waals surface area contributed by atoms with Gasteiger partial charge in [-0.25, -0.2) is 9.37 Å². The van der Waals surface area contributed by atoms with Crippen molar-refractivity contribution < 1.29 is 13.9 Å². The first-order chi connectivity index (χ1) is 15.7. The molecule has 2 aliphatic heterocycles. The Bertz CT molecular complexity index is 1270. The molecule has 1 saturated heterocycles. The maximum Gasteiger partial charge on any atom is 0.231 e. The van der Waals surface area contributed by atoms with Crippen LogP contribution < -0.4 is 9.47 Å². The fraction of sp³-hybridized carbons (Fsp3) is 0.280. The Kier molecular flexibility index (Phi) is 4.76. The summed E-state index contributed by atoms with van der Waals surface area (Å²) in [7, 11) is 0. The second-order valence-corrected chi connectivity index (χ2v) is 8.33. The molecular formula is C25H23FN4O2. The number of likely N-dealkylation sites (tertiary alicyclic amines) is 1. The fourth-order valence-electron chi connectivity index (χ4n) is 4.74. The predicted octanol–water partition coefficient (Wildman–Crippen LogP) is 4.80. The number of halogens is 1. The Balaban J connectivity index is 1.33. The molecule has 162 valence electrons. The number of nitrogens with zero attached hydrogens (tertiary/aromatic N) is 4. The molecule has 1 fully saturated rings. The molecule has 0 bridgehead atoms. The molecule has 2 aliphatic rings. The van der Waals surface area contributed by atoms with Crippen LogP contribution in [0.5, 0.6) is 11.5 Å². The summed E-state index contributed by atoms with van der Waals surface area (Å²) in [5.74, 6) is 2.03. The van der Waals surface area contributed by atoms with Crippen molar-refractivity contribution in [1.29, 1.82) is 0 Å². The van der Waals surface area contributed by atoms with Crippen molar-refractivity contribution in [2.45, 2.75) is 25.4 Å². The van der Waals surface area contributed by atoms with Crippen molar-refractivity contribution in [3.8, 4) is 22.9 Å². The summed E-state index contributed by atoms with van der Waals surface area (Å²) in [6.07, 6.45) is 3.83. The molecule has 4 aromatic rings. The van der Waals surface area contributed by atoms with Crippen molar-refractivity contribution in [3.05, 3.63) is 72.3 Å². The van der Waals surface area contributed by atoms with Crippen LogP contribution >= 0.6 is 0 Å². The van der Waals surface area contributed by atoms with Gasteiger partial charge >= 0.3 is 0 Å². The third-order valence-electron chi connectivity index (χ3n) is 6.32. The van der Waals surface area contributed by atoms with E-state index in [9.17, 15) is 4.39 Å². The zero-order chi connectivity index (χ0) is 21.5. The SMILES string of the molecule is Fc1ccc2c(c1)nc(-c1ccc3c(c1)OCO3)n2C1CCN(Cc2ccccn2)CC1. The lowest BCUT2D eigenvalue weighted by atomic mass is 10.0. The summed E-state index contributed by atoms with van der Waals surface area (Å²) in [6, 6.07) is 17.1. The van der Waals surface area contributed by atoms with Crippen molar-refractivity contribution in [1.82, 2.24) is 19.4 Å². The van der Waals surface area contributed by atoms with E-state index < -0.39 is 0 Å². The molecule has 2 aromatic carbocycles. The second kappa shape index (κ2) is 7.91. The zero-order valence-corrected chi connectivity index (χ0v) is 17.6. The van der Waals surface area contributed by atoms with Crippen molar-refractivity contribution in [2.24, 2.45) is 0 Å². The standard InChI is InChI=1S/C25H23FN4O2/c26-18-5-6-22-21(14-18)28-25(17-4-7-23-24(13-17)32-16-31-23)30(22)20-8-11-29(12-9-20)15-19-3-1-2-10-27-19/h1-7,10,13-14,20H,8-9,11-12,15-16H2. The predicted molar refractivity (Wildman–Crippen MR) is 119 cm³/mol. The van der Waals surface area contributed by atoms with Crippen LogP contribution in [0.3, 0.4) is 0 Å². The van der Waals surface area contributed by atoms with Crippen LogP contribution in [0, 0.1) is 5.82 Å². The maximum atomic E-state index is 14.0. The Morgan fingerprint density at radius 3 is 2.69 bits per heavy atom. The Labute approximate surface area is 185 Å². The van der Waals surface area contributed by atoms with E-state index in [-0.39, 0.29) is 18.7 Å². The van der Waals surface area contributed by atoms with E-state index in [1.165, 1.54) is 12.1 Å². The summed E-state index contributed by atoms with van der Waals surface area (Å²) >= 11 is 0. The summed E-state index contributed by atoms with van der Waals surface area (Å²) in [6.45, 7) is 3.04. The van der Waals surface area contributed by atoms with Crippen LogP contribution in [-0.2, 0) is 6.54 Å². The lowest BCUT2D eigenvalue weighted by Crippen LogP contribution is -2.34. The van der Waals surface area contributed by atoms with E-state index in [4.69, 9.17) is 14.5 Å². The van der Waals surface area contributed by atoms with E-state index >= 15 is 0 Å². The molecule has 0 aliphatic carbocycles. The van der Waals surface area contributed by atoms with Gasteiger partial charge in [0.2, 0.25) is 6.79 Å². The van der Waals surface area contributed by atoms with Gasteiger partial charge in [-0.05, 0) is 55.3 Å². The number of aromatic nitrogens is 3. The first-order valence-electron chi connectivity index (χ1n) is 10.9. The minimum Gasteiger partial charge on any atom is -0.454 e. The molecule has 6 nitrogen and oxygen atoms in total. The Morgan fingerprint density at radius 2 is 1.84 bits per heavy atom. The number of pyridine rings is 1. The summed E-state index contributed by atoms with van der Waals surface area (Å²) in [5, 5.41) is 0. The first-order valence-corrected chi connectivity index (χ1v) is 10.9. The normalized spacial score (nSPS) is 16.7. The van der Waals surface area contributed by atoms with Crippen molar-refractivity contribution >= 4 is 11.0 Å². The minimum absolute atomic E-state index is 0.231. The van der Waals surface area contributed by atoms with Crippen LogP contribution in [0.15, 0.2) is 60.8 Å². The molecule has 7 heteroatoms. The van der Waals surface area contributed by atoms with E-state index in [0.29, 0.717) is 5.52 Å². The average Bonchev–Trinajstić information content (AvgIpc) is 3.44. The lowest BCUT2D eigenvalue weighted by Gasteiger charge is -2.33. The van der Waals surface area contributed by atoms with Crippen LogP contribution in [0.1, 0.15) is 24.6 Å².